The molecule has 3 nitrogen and oxygen atoms in total. The number of ether oxygens (including phenoxy) is 1. The molecule has 4 heteroatoms. The number of likely N-dealkylation sites (tertiary alicyclic amines) is 1. The summed E-state index contributed by atoms with van der Waals surface area (Å²) in [6.45, 7) is 5.05. The van der Waals surface area contributed by atoms with E-state index >= 15 is 0 Å². The third-order valence-corrected chi connectivity index (χ3v) is 4.67. The number of aryl methyl sites for hydroxylation is 1. The normalized spacial score (nSPS) is 20.6. The van der Waals surface area contributed by atoms with Crippen molar-refractivity contribution in [2.45, 2.75) is 31.9 Å². The average molecular weight is 254 g/mol. The van der Waals surface area contributed by atoms with Crippen LogP contribution in [-0.4, -0.2) is 37.7 Å². The Bertz CT molecular complexity index is 345. The number of nitrogens with zero attached hydrogens (tertiary/aromatic N) is 1. The fraction of sp³-hybridized carbons (Fsp3) is 0.692. The van der Waals surface area contributed by atoms with Crippen molar-refractivity contribution in [3.05, 3.63) is 21.9 Å². The summed E-state index contributed by atoms with van der Waals surface area (Å²) in [6, 6.07) is 4.80. The summed E-state index contributed by atoms with van der Waals surface area (Å²) in [5.74, 6) is 0. The summed E-state index contributed by atoms with van der Waals surface area (Å²) in [5.41, 5.74) is 5.95. The van der Waals surface area contributed by atoms with Crippen molar-refractivity contribution in [3.63, 3.8) is 0 Å². The van der Waals surface area contributed by atoms with Gasteiger partial charge in [0.2, 0.25) is 0 Å². The summed E-state index contributed by atoms with van der Waals surface area (Å²) in [6.07, 6.45) is 2.68. The van der Waals surface area contributed by atoms with Crippen LogP contribution in [0.15, 0.2) is 12.1 Å². The number of hydrogen-bond acceptors (Lipinski definition) is 4. The largest absolute Gasteiger partial charge is 0.381 e. The molecule has 2 N–H and O–H groups in total. The molecule has 1 aromatic heterocycles. The van der Waals surface area contributed by atoms with Gasteiger partial charge in [-0.2, -0.15) is 0 Å². The molecule has 96 valence electrons. The van der Waals surface area contributed by atoms with Crippen LogP contribution in [0, 0.1) is 6.92 Å². The smallest absolute Gasteiger partial charge is 0.0595 e. The molecule has 1 aliphatic heterocycles. The van der Waals surface area contributed by atoms with Gasteiger partial charge in [0.1, 0.15) is 0 Å². The Hall–Kier alpha value is -0.420. The lowest BCUT2D eigenvalue weighted by Gasteiger charge is -2.36. The minimum absolute atomic E-state index is 0.395. The van der Waals surface area contributed by atoms with Gasteiger partial charge in [0.25, 0.3) is 0 Å². The first-order chi connectivity index (χ1) is 8.24. The standard InChI is InChI=1S/C13H22N2OS/c1-10-3-4-13(17-10)12(9-14)15-7-5-11(16-2)6-8-15/h3-4,11-12H,5-9,14H2,1-2H3. The number of rotatable bonds is 4. The maximum absolute atomic E-state index is 5.95. The zero-order valence-electron chi connectivity index (χ0n) is 10.7. The van der Waals surface area contributed by atoms with Gasteiger partial charge >= 0.3 is 0 Å². The van der Waals surface area contributed by atoms with Crippen LogP contribution < -0.4 is 5.73 Å². The first kappa shape index (κ1) is 13.0. The third-order valence-electron chi connectivity index (χ3n) is 3.56. The lowest BCUT2D eigenvalue weighted by molar-refractivity contribution is 0.0285. The van der Waals surface area contributed by atoms with Gasteiger partial charge in [0.05, 0.1) is 12.1 Å². The number of methoxy groups -OCH3 is 1. The third kappa shape index (κ3) is 3.07. The SMILES string of the molecule is COC1CCN(C(CN)c2ccc(C)s2)CC1. The van der Waals surface area contributed by atoms with Crippen molar-refractivity contribution in [2.24, 2.45) is 5.73 Å². The molecule has 0 aromatic carbocycles. The van der Waals surface area contributed by atoms with E-state index in [1.807, 2.05) is 18.4 Å². The Labute approximate surface area is 108 Å². The Kier molecular flexibility index (Phi) is 4.56. The highest BCUT2D eigenvalue weighted by atomic mass is 32.1. The second-order valence-corrected chi connectivity index (χ2v) is 5.99. The van der Waals surface area contributed by atoms with E-state index in [2.05, 4.69) is 24.0 Å². The van der Waals surface area contributed by atoms with Gasteiger partial charge in [-0.3, -0.25) is 4.90 Å². The van der Waals surface area contributed by atoms with Crippen LogP contribution in [0.2, 0.25) is 0 Å². The summed E-state index contributed by atoms with van der Waals surface area (Å²) >= 11 is 1.87. The molecule has 1 aliphatic rings. The number of hydrogen-bond donors (Lipinski definition) is 1. The highest BCUT2D eigenvalue weighted by Crippen LogP contribution is 2.29. The fourth-order valence-electron chi connectivity index (χ4n) is 2.50. The molecule has 0 amide bonds. The van der Waals surface area contributed by atoms with Crippen LogP contribution in [0.1, 0.15) is 28.6 Å². The van der Waals surface area contributed by atoms with Gasteiger partial charge in [-0.15, -0.1) is 11.3 Å². The van der Waals surface area contributed by atoms with E-state index in [1.54, 1.807) is 0 Å². The second-order valence-electron chi connectivity index (χ2n) is 4.67. The molecule has 1 fully saturated rings. The van der Waals surface area contributed by atoms with Crippen LogP contribution in [0.3, 0.4) is 0 Å². The molecular formula is C13H22N2OS. The van der Waals surface area contributed by atoms with Crippen LogP contribution in [0.5, 0.6) is 0 Å². The van der Waals surface area contributed by atoms with E-state index in [9.17, 15) is 0 Å². The molecule has 2 heterocycles. The van der Waals surface area contributed by atoms with E-state index in [-0.39, 0.29) is 0 Å². The lowest BCUT2D eigenvalue weighted by Crippen LogP contribution is -2.41. The van der Waals surface area contributed by atoms with Gasteiger partial charge in [-0.05, 0) is 31.9 Å². The quantitative estimate of drug-likeness (QED) is 0.895. The molecule has 0 spiro atoms. The molecule has 0 bridgehead atoms. The number of thiophene rings is 1. The van der Waals surface area contributed by atoms with Gasteiger partial charge in [-0.1, -0.05) is 0 Å². The first-order valence-electron chi connectivity index (χ1n) is 6.28. The molecule has 0 radical (unpaired) electrons. The van der Waals surface area contributed by atoms with E-state index in [4.69, 9.17) is 10.5 Å². The molecule has 1 unspecified atom stereocenters. The lowest BCUT2D eigenvalue weighted by atomic mass is 10.0. The summed E-state index contributed by atoms with van der Waals surface area (Å²) in [5, 5.41) is 0. The minimum atomic E-state index is 0.395. The Morgan fingerprint density at radius 1 is 1.47 bits per heavy atom. The molecule has 0 aliphatic carbocycles. The molecule has 1 aromatic rings. The zero-order valence-corrected chi connectivity index (χ0v) is 11.5. The van der Waals surface area contributed by atoms with Gasteiger partial charge in [0.15, 0.2) is 0 Å². The van der Waals surface area contributed by atoms with Crippen molar-refractivity contribution in [3.8, 4) is 0 Å². The Morgan fingerprint density at radius 2 is 2.18 bits per heavy atom. The maximum Gasteiger partial charge on any atom is 0.0595 e. The topological polar surface area (TPSA) is 38.5 Å². The zero-order chi connectivity index (χ0) is 12.3. The number of nitrogens with two attached hydrogens (primary N) is 1. The van der Waals surface area contributed by atoms with Crippen LogP contribution in [-0.2, 0) is 4.74 Å². The molecule has 17 heavy (non-hydrogen) atoms. The average Bonchev–Trinajstić information content (AvgIpc) is 2.78. The van der Waals surface area contributed by atoms with Crippen molar-refractivity contribution in [1.82, 2.24) is 4.90 Å². The molecule has 1 atom stereocenters. The molecule has 1 saturated heterocycles. The van der Waals surface area contributed by atoms with Gasteiger partial charge < -0.3 is 10.5 Å². The van der Waals surface area contributed by atoms with E-state index in [0.29, 0.717) is 18.7 Å². The molecular weight excluding hydrogens is 232 g/mol. The van der Waals surface area contributed by atoms with Gasteiger partial charge in [0, 0.05) is 36.5 Å². The highest BCUT2D eigenvalue weighted by Gasteiger charge is 2.25. The molecule has 2 rings (SSSR count). The van der Waals surface area contributed by atoms with Crippen molar-refractivity contribution in [2.75, 3.05) is 26.7 Å². The van der Waals surface area contributed by atoms with E-state index < -0.39 is 0 Å². The van der Waals surface area contributed by atoms with Crippen LogP contribution in [0.25, 0.3) is 0 Å². The Balaban J connectivity index is 2.00. The minimum Gasteiger partial charge on any atom is -0.381 e. The second kappa shape index (κ2) is 5.96. The summed E-state index contributed by atoms with van der Waals surface area (Å²) < 4.78 is 5.41. The first-order valence-corrected chi connectivity index (χ1v) is 7.09. The predicted molar refractivity (Wildman–Crippen MR) is 72.5 cm³/mol. The molecule has 0 saturated carbocycles. The van der Waals surface area contributed by atoms with Crippen molar-refractivity contribution >= 4 is 11.3 Å². The summed E-state index contributed by atoms with van der Waals surface area (Å²) in [7, 11) is 1.81. The van der Waals surface area contributed by atoms with E-state index in [0.717, 1.165) is 25.9 Å². The monoisotopic (exact) mass is 254 g/mol. The van der Waals surface area contributed by atoms with E-state index in [1.165, 1.54) is 9.75 Å². The Morgan fingerprint density at radius 3 is 2.65 bits per heavy atom. The summed E-state index contributed by atoms with van der Waals surface area (Å²) in [4.78, 5) is 5.27. The predicted octanol–water partition coefficient (Wildman–Crippen LogP) is 2.17. The maximum atomic E-state index is 5.95. The van der Waals surface area contributed by atoms with Crippen LogP contribution in [0.4, 0.5) is 0 Å². The number of piperidine rings is 1. The van der Waals surface area contributed by atoms with Crippen molar-refractivity contribution < 1.29 is 4.74 Å². The highest BCUT2D eigenvalue weighted by molar-refractivity contribution is 7.12. The van der Waals surface area contributed by atoms with Gasteiger partial charge in [-0.25, -0.2) is 0 Å². The van der Waals surface area contributed by atoms with Crippen molar-refractivity contribution in [1.29, 1.82) is 0 Å². The fourth-order valence-corrected chi connectivity index (χ4v) is 3.53. The van der Waals surface area contributed by atoms with Crippen LogP contribution >= 0.6 is 11.3 Å².